The summed E-state index contributed by atoms with van der Waals surface area (Å²) in [7, 11) is 0. The van der Waals surface area contributed by atoms with Gasteiger partial charge in [0.1, 0.15) is 5.75 Å². The Morgan fingerprint density at radius 2 is 1.92 bits per heavy atom. The minimum atomic E-state index is -0.642. The highest BCUT2D eigenvalue weighted by Crippen LogP contribution is 2.54. The highest BCUT2D eigenvalue weighted by molar-refractivity contribution is 9.09. The maximum absolute atomic E-state index is 9.25. The number of benzene rings is 2. The van der Waals surface area contributed by atoms with Gasteiger partial charge in [0, 0.05) is 23.1 Å². The Morgan fingerprint density at radius 1 is 1.15 bits per heavy atom. The van der Waals surface area contributed by atoms with Gasteiger partial charge in [-0.15, -0.1) is 5.23 Å². The number of alkyl halides is 1. The fourth-order valence-electron chi connectivity index (χ4n) is 4.09. The largest absolute Gasteiger partial charge is 0.463 e. The van der Waals surface area contributed by atoms with Gasteiger partial charge in [-0.2, -0.15) is 0 Å². The van der Waals surface area contributed by atoms with Crippen LogP contribution >= 0.6 is 15.9 Å². The van der Waals surface area contributed by atoms with Crippen molar-refractivity contribution in [3.63, 3.8) is 0 Å². The maximum atomic E-state index is 9.25. The number of fused-ring (bicyclic) bond motifs is 2. The SMILES string of the molecule is CC1(C)c2ccccc2N(CCBr)C12C=Cc1cc(N(O)O)ccc1O2. The molecule has 2 N–H and O–H groups in total. The van der Waals surface area contributed by atoms with Crippen molar-refractivity contribution in [1.29, 1.82) is 0 Å². The molecular weight excluding hydrogens is 396 g/mol. The zero-order valence-corrected chi connectivity index (χ0v) is 16.3. The first kappa shape index (κ1) is 17.4. The first-order valence-corrected chi connectivity index (χ1v) is 9.66. The summed E-state index contributed by atoms with van der Waals surface area (Å²) in [6.07, 6.45) is 4.08. The Hall–Kier alpha value is -2.02. The van der Waals surface area contributed by atoms with Crippen molar-refractivity contribution < 1.29 is 15.2 Å². The average Bonchev–Trinajstić information content (AvgIpc) is 2.81. The van der Waals surface area contributed by atoms with E-state index in [0.29, 0.717) is 5.69 Å². The van der Waals surface area contributed by atoms with E-state index < -0.39 is 5.72 Å². The van der Waals surface area contributed by atoms with E-state index in [2.05, 4.69) is 65.0 Å². The Morgan fingerprint density at radius 3 is 2.65 bits per heavy atom. The van der Waals surface area contributed by atoms with Gasteiger partial charge in [0.2, 0.25) is 5.72 Å². The van der Waals surface area contributed by atoms with Gasteiger partial charge in [-0.3, -0.25) is 10.4 Å². The molecule has 1 spiro atoms. The fourth-order valence-corrected chi connectivity index (χ4v) is 4.44. The minimum Gasteiger partial charge on any atom is -0.463 e. The van der Waals surface area contributed by atoms with Gasteiger partial charge >= 0.3 is 0 Å². The number of para-hydroxylation sites is 1. The Kier molecular flexibility index (Phi) is 4.02. The summed E-state index contributed by atoms with van der Waals surface area (Å²) in [5.41, 5.74) is 2.63. The topological polar surface area (TPSA) is 56.2 Å². The molecule has 0 amide bonds. The van der Waals surface area contributed by atoms with E-state index in [4.69, 9.17) is 4.74 Å². The molecule has 0 fully saturated rings. The molecule has 1 unspecified atom stereocenters. The van der Waals surface area contributed by atoms with Gasteiger partial charge in [0.25, 0.3) is 0 Å². The lowest BCUT2D eigenvalue weighted by Crippen LogP contribution is -2.60. The Labute approximate surface area is 161 Å². The van der Waals surface area contributed by atoms with Crippen molar-refractivity contribution in [2.45, 2.75) is 25.0 Å². The van der Waals surface area contributed by atoms with Gasteiger partial charge in [0.15, 0.2) is 0 Å². The average molecular weight is 417 g/mol. The van der Waals surface area contributed by atoms with Crippen LogP contribution in [0.1, 0.15) is 25.0 Å². The predicted octanol–water partition coefficient (Wildman–Crippen LogP) is 4.57. The van der Waals surface area contributed by atoms with Crippen LogP contribution in [0.4, 0.5) is 11.4 Å². The van der Waals surface area contributed by atoms with Crippen LogP contribution in [0.5, 0.6) is 5.75 Å². The molecule has 0 bridgehead atoms. The van der Waals surface area contributed by atoms with Crippen LogP contribution in [-0.4, -0.2) is 28.0 Å². The molecule has 0 aliphatic carbocycles. The first-order chi connectivity index (χ1) is 12.4. The normalized spacial score (nSPS) is 22.1. The van der Waals surface area contributed by atoms with Crippen LogP contribution < -0.4 is 14.9 Å². The number of hydrogen-bond acceptors (Lipinski definition) is 5. The molecule has 6 heteroatoms. The van der Waals surface area contributed by atoms with E-state index in [9.17, 15) is 10.4 Å². The Bertz CT molecular complexity index is 881. The summed E-state index contributed by atoms with van der Waals surface area (Å²) in [5, 5.41) is 19.5. The van der Waals surface area contributed by atoms with E-state index in [1.807, 2.05) is 6.08 Å². The molecule has 2 aliphatic rings. The van der Waals surface area contributed by atoms with Crippen LogP contribution in [-0.2, 0) is 5.41 Å². The van der Waals surface area contributed by atoms with E-state index in [-0.39, 0.29) is 10.6 Å². The molecule has 5 nitrogen and oxygen atoms in total. The van der Waals surface area contributed by atoms with E-state index >= 15 is 0 Å². The van der Waals surface area contributed by atoms with Crippen LogP contribution in [0.15, 0.2) is 48.5 Å². The molecule has 0 saturated carbocycles. The molecule has 136 valence electrons. The molecule has 2 aromatic rings. The number of nitrogens with zero attached hydrogens (tertiary/aromatic N) is 2. The molecule has 2 aliphatic heterocycles. The third-order valence-electron chi connectivity index (χ3n) is 5.45. The second-order valence-electron chi connectivity index (χ2n) is 7.13. The molecule has 2 heterocycles. The highest BCUT2D eigenvalue weighted by Gasteiger charge is 2.58. The maximum Gasteiger partial charge on any atom is 0.212 e. The minimum absolute atomic E-state index is 0.116. The number of anilines is 2. The van der Waals surface area contributed by atoms with Crippen molar-refractivity contribution >= 4 is 33.4 Å². The number of hydrogen-bond donors (Lipinski definition) is 2. The van der Waals surface area contributed by atoms with E-state index in [1.54, 1.807) is 18.2 Å². The molecule has 26 heavy (non-hydrogen) atoms. The van der Waals surface area contributed by atoms with E-state index in [0.717, 1.165) is 23.2 Å². The zero-order valence-electron chi connectivity index (χ0n) is 14.7. The van der Waals surface area contributed by atoms with Crippen LogP contribution in [0, 0.1) is 0 Å². The van der Waals surface area contributed by atoms with Gasteiger partial charge in [-0.25, -0.2) is 0 Å². The van der Waals surface area contributed by atoms with Gasteiger partial charge in [0.05, 0.1) is 11.1 Å². The second-order valence-corrected chi connectivity index (χ2v) is 7.92. The first-order valence-electron chi connectivity index (χ1n) is 8.54. The third kappa shape index (κ3) is 2.29. The summed E-state index contributed by atoms with van der Waals surface area (Å²) in [5.74, 6) is 0.721. The summed E-state index contributed by atoms with van der Waals surface area (Å²) < 4.78 is 6.61. The lowest BCUT2D eigenvalue weighted by atomic mass is 9.76. The van der Waals surface area contributed by atoms with Crippen molar-refractivity contribution in [2.75, 3.05) is 22.0 Å². The van der Waals surface area contributed by atoms with E-state index in [1.165, 1.54) is 11.3 Å². The number of rotatable bonds is 3. The van der Waals surface area contributed by atoms with Crippen molar-refractivity contribution in [3.8, 4) is 5.75 Å². The smallest absolute Gasteiger partial charge is 0.212 e. The van der Waals surface area contributed by atoms with Crippen molar-refractivity contribution in [2.24, 2.45) is 0 Å². The van der Waals surface area contributed by atoms with Crippen LogP contribution in [0.2, 0.25) is 0 Å². The quantitative estimate of drug-likeness (QED) is 0.566. The van der Waals surface area contributed by atoms with Gasteiger partial charge < -0.3 is 9.64 Å². The number of ether oxygens (including phenoxy) is 1. The molecular formula is C20H21BrN2O3. The lowest BCUT2D eigenvalue weighted by Gasteiger charge is -2.47. The molecule has 0 saturated heterocycles. The van der Waals surface area contributed by atoms with Crippen LogP contribution in [0.3, 0.4) is 0 Å². The molecule has 0 aromatic heterocycles. The lowest BCUT2D eigenvalue weighted by molar-refractivity contribution is 0.0289. The second kappa shape index (κ2) is 6.01. The summed E-state index contributed by atoms with van der Waals surface area (Å²) in [6.45, 7) is 5.21. The van der Waals surface area contributed by atoms with Crippen molar-refractivity contribution in [3.05, 3.63) is 59.7 Å². The predicted molar refractivity (Wildman–Crippen MR) is 105 cm³/mol. The Balaban J connectivity index is 1.84. The molecule has 4 rings (SSSR count). The van der Waals surface area contributed by atoms with Crippen LogP contribution in [0.25, 0.3) is 6.08 Å². The molecule has 0 radical (unpaired) electrons. The third-order valence-corrected chi connectivity index (χ3v) is 5.81. The highest BCUT2D eigenvalue weighted by atomic mass is 79.9. The van der Waals surface area contributed by atoms with Gasteiger partial charge in [-0.1, -0.05) is 34.1 Å². The number of halogens is 1. The fraction of sp³-hybridized carbons (Fsp3) is 0.300. The summed E-state index contributed by atoms with van der Waals surface area (Å²) in [6, 6.07) is 13.5. The van der Waals surface area contributed by atoms with Gasteiger partial charge in [-0.05, 0) is 55.8 Å². The molecule has 2 aromatic carbocycles. The molecule has 1 atom stereocenters. The monoisotopic (exact) mass is 416 g/mol. The summed E-state index contributed by atoms with van der Waals surface area (Å²) in [4.78, 5) is 2.30. The zero-order chi connectivity index (χ0) is 18.5. The van der Waals surface area contributed by atoms with Crippen molar-refractivity contribution in [1.82, 2.24) is 0 Å². The standard InChI is InChI=1S/C20H21BrN2O3/c1-19(2)16-5-3-4-6-17(16)22(12-11-21)20(19)10-9-14-13-15(23(24)25)7-8-18(14)26-20/h3-10,13,24-25H,11-12H2,1-2H3. The summed E-state index contributed by atoms with van der Waals surface area (Å²) >= 11 is 3.57.